The number of primary amides is 1. The molecule has 5 nitrogen and oxygen atoms in total. The lowest BCUT2D eigenvalue weighted by Gasteiger charge is -2.19. The van der Waals surface area contributed by atoms with Gasteiger partial charge in [0.1, 0.15) is 5.82 Å². The van der Waals surface area contributed by atoms with E-state index in [0.29, 0.717) is 6.54 Å². The maximum Gasteiger partial charge on any atom is 0.319 e. The topological polar surface area (TPSA) is 64.2 Å². The second-order valence-corrected chi connectivity index (χ2v) is 3.23. The number of carbonyl (C=O) groups is 1. The second kappa shape index (κ2) is 1.93. The molecule has 0 spiro atoms. The van der Waals surface area contributed by atoms with Crippen LogP contribution in [0.25, 0.3) is 6.20 Å². The average molecular weight is 176 g/mol. The molecule has 3 aliphatic rings. The largest absolute Gasteiger partial charge is 0.351 e. The predicted octanol–water partition coefficient (Wildman–Crippen LogP) is 0.110. The normalized spacial score (nSPS) is 16.8. The minimum absolute atomic E-state index is 0.418. The number of amides is 2. The number of nitrogens with zero attached hydrogens (tertiary/aromatic N) is 3. The van der Waals surface area contributed by atoms with Crippen LogP contribution in [0.5, 0.6) is 0 Å². The van der Waals surface area contributed by atoms with E-state index in [-0.39, 0.29) is 0 Å². The summed E-state index contributed by atoms with van der Waals surface area (Å²) in [6.45, 7) is 0.550. The molecule has 66 valence electrons. The Morgan fingerprint density at radius 2 is 2.31 bits per heavy atom. The van der Waals surface area contributed by atoms with Gasteiger partial charge >= 0.3 is 6.03 Å². The fourth-order valence-electron chi connectivity index (χ4n) is 1.75. The summed E-state index contributed by atoms with van der Waals surface area (Å²) in [7, 11) is 0. The summed E-state index contributed by atoms with van der Waals surface area (Å²) < 4.78 is 2.02. The van der Waals surface area contributed by atoms with Gasteiger partial charge in [-0.2, -0.15) is 0 Å². The van der Waals surface area contributed by atoms with E-state index in [4.69, 9.17) is 5.73 Å². The number of hydrogen-bond acceptors (Lipinski definition) is 2. The quantitative estimate of drug-likeness (QED) is 0.619. The maximum atomic E-state index is 10.9. The summed E-state index contributed by atoms with van der Waals surface area (Å²) >= 11 is 0. The van der Waals surface area contributed by atoms with Crippen molar-refractivity contribution in [2.45, 2.75) is 13.0 Å². The molecular weight excluding hydrogens is 168 g/mol. The van der Waals surface area contributed by atoms with Crippen molar-refractivity contribution in [2.24, 2.45) is 5.73 Å². The summed E-state index contributed by atoms with van der Waals surface area (Å²) in [5.41, 5.74) is 7.35. The zero-order chi connectivity index (χ0) is 9.00. The molecule has 3 aliphatic heterocycles. The third-order valence-electron chi connectivity index (χ3n) is 2.49. The summed E-state index contributed by atoms with van der Waals surface area (Å²) in [6, 6.07) is -0.418. The van der Waals surface area contributed by atoms with E-state index < -0.39 is 6.03 Å². The van der Waals surface area contributed by atoms with Crippen LogP contribution in [0, 0.1) is 0 Å². The molecule has 0 radical (unpaired) electrons. The van der Waals surface area contributed by atoms with Gasteiger partial charge in [0.05, 0.1) is 24.4 Å². The van der Waals surface area contributed by atoms with Crippen molar-refractivity contribution in [3.63, 3.8) is 0 Å². The van der Waals surface area contributed by atoms with Crippen LogP contribution in [-0.4, -0.2) is 20.5 Å². The van der Waals surface area contributed by atoms with E-state index in [2.05, 4.69) is 4.98 Å². The van der Waals surface area contributed by atoms with Crippen molar-refractivity contribution >= 4 is 12.2 Å². The number of rotatable bonds is 0. The van der Waals surface area contributed by atoms with E-state index in [1.165, 1.54) is 4.90 Å². The SMILES string of the molecule is NC(=O)N1C=Cn2c3nc(c2C1)C3. The molecule has 1 aromatic heterocycles. The van der Waals surface area contributed by atoms with Crippen molar-refractivity contribution < 1.29 is 4.79 Å². The Balaban J connectivity index is 2.04. The summed E-state index contributed by atoms with van der Waals surface area (Å²) in [5.74, 6) is 1.07. The first-order chi connectivity index (χ1) is 6.25. The van der Waals surface area contributed by atoms with Crippen LogP contribution in [0.4, 0.5) is 4.79 Å². The number of aromatic nitrogens is 2. The molecule has 0 fully saturated rings. The van der Waals surface area contributed by atoms with Gasteiger partial charge in [0.25, 0.3) is 0 Å². The first kappa shape index (κ1) is 6.71. The van der Waals surface area contributed by atoms with Crippen molar-refractivity contribution in [3.8, 4) is 0 Å². The number of nitrogens with two attached hydrogens (primary N) is 1. The van der Waals surface area contributed by atoms with E-state index in [1.54, 1.807) is 6.20 Å². The van der Waals surface area contributed by atoms with Gasteiger partial charge < -0.3 is 10.3 Å². The molecule has 4 heterocycles. The van der Waals surface area contributed by atoms with Crippen LogP contribution >= 0.6 is 0 Å². The lowest BCUT2D eigenvalue weighted by Crippen LogP contribution is -2.32. The molecular formula is C8H8N4O. The number of hydrogen-bond donors (Lipinski definition) is 1. The highest BCUT2D eigenvalue weighted by Gasteiger charge is 2.29. The van der Waals surface area contributed by atoms with Crippen molar-refractivity contribution in [3.05, 3.63) is 23.4 Å². The molecule has 0 unspecified atom stereocenters. The van der Waals surface area contributed by atoms with Crippen LogP contribution in [-0.2, 0) is 13.0 Å². The molecule has 5 heteroatoms. The second-order valence-electron chi connectivity index (χ2n) is 3.23. The van der Waals surface area contributed by atoms with E-state index in [0.717, 1.165) is 23.6 Å². The Kier molecular flexibility index (Phi) is 0.995. The van der Waals surface area contributed by atoms with E-state index in [9.17, 15) is 4.79 Å². The van der Waals surface area contributed by atoms with E-state index in [1.807, 2.05) is 10.8 Å². The summed E-state index contributed by atoms with van der Waals surface area (Å²) in [4.78, 5) is 16.6. The maximum absolute atomic E-state index is 10.9. The molecule has 0 aliphatic carbocycles. The highest BCUT2D eigenvalue weighted by atomic mass is 16.2. The smallest absolute Gasteiger partial charge is 0.319 e. The van der Waals surface area contributed by atoms with Gasteiger partial charge in [-0.05, 0) is 0 Å². The monoisotopic (exact) mass is 176 g/mol. The summed E-state index contributed by atoms with van der Waals surface area (Å²) in [5, 5.41) is 0. The Morgan fingerprint density at radius 3 is 3.00 bits per heavy atom. The molecule has 0 atom stereocenters. The predicted molar refractivity (Wildman–Crippen MR) is 45.5 cm³/mol. The van der Waals surface area contributed by atoms with Crippen molar-refractivity contribution in [1.82, 2.24) is 14.5 Å². The molecule has 2 amide bonds. The average Bonchev–Trinajstić information content (AvgIpc) is 2.53. The Morgan fingerprint density at radius 1 is 1.54 bits per heavy atom. The van der Waals surface area contributed by atoms with Gasteiger partial charge in [0.2, 0.25) is 0 Å². The fraction of sp³-hybridized carbons (Fsp3) is 0.250. The van der Waals surface area contributed by atoms with Crippen LogP contribution < -0.4 is 5.73 Å². The summed E-state index contributed by atoms with van der Waals surface area (Å²) in [6.07, 6.45) is 4.46. The van der Waals surface area contributed by atoms with Gasteiger partial charge in [-0.3, -0.25) is 4.90 Å². The van der Waals surface area contributed by atoms with Crippen LogP contribution in [0.15, 0.2) is 6.20 Å². The minimum Gasteiger partial charge on any atom is -0.351 e. The highest BCUT2D eigenvalue weighted by molar-refractivity contribution is 5.74. The first-order valence-electron chi connectivity index (χ1n) is 4.09. The van der Waals surface area contributed by atoms with Gasteiger partial charge in [-0.25, -0.2) is 9.78 Å². The van der Waals surface area contributed by atoms with Gasteiger partial charge in [-0.15, -0.1) is 0 Å². The number of imidazole rings is 1. The van der Waals surface area contributed by atoms with Gasteiger partial charge in [0, 0.05) is 12.4 Å². The third-order valence-corrected chi connectivity index (χ3v) is 2.49. The van der Waals surface area contributed by atoms with E-state index >= 15 is 0 Å². The van der Waals surface area contributed by atoms with Crippen LogP contribution in [0.1, 0.15) is 17.2 Å². The lowest BCUT2D eigenvalue weighted by molar-refractivity contribution is 0.222. The van der Waals surface area contributed by atoms with Gasteiger partial charge in [0.15, 0.2) is 0 Å². The molecule has 1 aromatic rings. The third kappa shape index (κ3) is 0.708. The molecule has 13 heavy (non-hydrogen) atoms. The fourth-order valence-corrected chi connectivity index (χ4v) is 1.75. The molecule has 0 aromatic carbocycles. The molecule has 0 saturated heterocycles. The Hall–Kier alpha value is -1.78. The number of urea groups is 1. The van der Waals surface area contributed by atoms with Crippen molar-refractivity contribution in [2.75, 3.05) is 0 Å². The number of carbonyl (C=O) groups excluding carboxylic acids is 1. The first-order valence-corrected chi connectivity index (χ1v) is 4.09. The van der Waals surface area contributed by atoms with Crippen LogP contribution in [0.2, 0.25) is 0 Å². The molecule has 4 rings (SSSR count). The standard InChI is InChI=1S/C8H8N4O/c9-8(13)11-1-2-12-6(4-11)5-3-7(12)10-5/h1-2H,3-4H2,(H2,9,13). The van der Waals surface area contributed by atoms with Crippen molar-refractivity contribution in [1.29, 1.82) is 0 Å². The zero-order valence-corrected chi connectivity index (χ0v) is 6.90. The zero-order valence-electron chi connectivity index (χ0n) is 6.90. The Bertz CT molecular complexity index is 432. The molecule has 2 bridgehead atoms. The molecule has 2 N–H and O–H groups in total. The van der Waals surface area contributed by atoms with Gasteiger partial charge in [-0.1, -0.05) is 0 Å². The lowest BCUT2D eigenvalue weighted by atomic mass is 10.2. The minimum atomic E-state index is -0.418. The van der Waals surface area contributed by atoms with Crippen LogP contribution in [0.3, 0.4) is 0 Å². The highest BCUT2D eigenvalue weighted by Crippen LogP contribution is 2.28. The Labute approximate surface area is 74.5 Å². The molecule has 0 saturated carbocycles.